The summed E-state index contributed by atoms with van der Waals surface area (Å²) in [6, 6.07) is 30.8. The number of hydrogen-bond acceptors (Lipinski definition) is 7. The number of nitrogens with one attached hydrogen (secondary N) is 1. The van der Waals surface area contributed by atoms with Crippen molar-refractivity contribution in [3.63, 3.8) is 0 Å². The molecule has 2 heterocycles. The minimum atomic E-state index is -0.746. The first kappa shape index (κ1) is 30.6. The molecule has 1 aliphatic heterocycles. The Morgan fingerprint density at radius 1 is 0.860 bits per heavy atom. The van der Waals surface area contributed by atoms with E-state index in [2.05, 4.69) is 84.9 Å². The molecule has 1 atom stereocenters. The van der Waals surface area contributed by atoms with E-state index in [9.17, 15) is 4.79 Å². The van der Waals surface area contributed by atoms with E-state index in [4.69, 9.17) is 15.0 Å². The van der Waals surface area contributed by atoms with Gasteiger partial charge in [-0.25, -0.2) is 4.68 Å². The minimum Gasteiger partial charge on any atom is -0.403 e. The molecule has 1 unspecified atom stereocenters. The molecule has 0 spiro atoms. The van der Waals surface area contributed by atoms with Gasteiger partial charge in [0.15, 0.2) is 5.82 Å². The number of amides is 1. The molecule has 1 amide bonds. The molecule has 10 heteroatoms. The van der Waals surface area contributed by atoms with E-state index < -0.39 is 11.4 Å². The second-order valence-electron chi connectivity index (χ2n) is 12.2. The van der Waals surface area contributed by atoms with E-state index in [1.54, 1.807) is 0 Å². The van der Waals surface area contributed by atoms with Crippen LogP contribution in [0, 0.1) is 0 Å². The largest absolute Gasteiger partial charge is 0.457 e. The number of aromatic nitrogens is 4. The first-order chi connectivity index (χ1) is 20.6. The number of carbonyl (C=O) groups excluding carboxylic acids is 1. The average molecular weight is 581 g/mol. The van der Waals surface area contributed by atoms with Gasteiger partial charge in [0.1, 0.15) is 6.54 Å². The maximum absolute atomic E-state index is 12.0. The first-order valence-corrected chi connectivity index (χ1v) is 15.0. The van der Waals surface area contributed by atoms with Gasteiger partial charge < -0.3 is 15.0 Å². The number of benzene rings is 3. The molecule has 43 heavy (non-hydrogen) atoms. The molecule has 1 aliphatic rings. The Balaban J connectivity index is 1.51. The number of primary amides is 1. The Kier molecular flexibility index (Phi) is 9.10. The zero-order chi connectivity index (χ0) is 30.5. The molecule has 3 N–H and O–H groups in total. The van der Waals surface area contributed by atoms with Gasteiger partial charge in [0, 0.05) is 0 Å². The molecule has 0 bridgehead atoms. The average Bonchev–Trinajstić information content (AvgIpc) is 3.53. The summed E-state index contributed by atoms with van der Waals surface area (Å²) in [4.78, 5) is 12.0. The Bertz CT molecular complexity index is 1370. The molecule has 3 aromatic carbocycles. The van der Waals surface area contributed by atoms with E-state index in [0.29, 0.717) is 12.2 Å². The number of tetrazole rings is 1. The van der Waals surface area contributed by atoms with Gasteiger partial charge in [-0.05, 0) is 67.6 Å². The number of rotatable bonds is 13. The second-order valence-corrected chi connectivity index (χ2v) is 12.2. The molecule has 1 fully saturated rings. The lowest BCUT2D eigenvalue weighted by atomic mass is 9.76. The maximum Gasteiger partial charge on any atom is 0.457 e. The molecule has 5 rings (SSSR count). The molecule has 9 nitrogen and oxygen atoms in total. The van der Waals surface area contributed by atoms with Crippen LogP contribution in [0.5, 0.6) is 0 Å². The second kappa shape index (κ2) is 12.8. The van der Waals surface area contributed by atoms with Crippen molar-refractivity contribution >= 4 is 13.0 Å². The number of hydrogen-bond donors (Lipinski definition) is 2. The topological polar surface area (TPSA) is 117 Å². The van der Waals surface area contributed by atoms with E-state index >= 15 is 0 Å². The molecular weight excluding hydrogens is 539 g/mol. The van der Waals surface area contributed by atoms with E-state index in [-0.39, 0.29) is 30.9 Å². The highest BCUT2D eigenvalue weighted by atomic mass is 16.7. The Morgan fingerprint density at radius 3 is 1.81 bits per heavy atom. The highest BCUT2D eigenvalue weighted by Crippen LogP contribution is 2.41. The zero-order valence-electron chi connectivity index (χ0n) is 25.4. The van der Waals surface area contributed by atoms with Gasteiger partial charge in [-0.2, -0.15) is 0 Å². The molecule has 4 aromatic rings. The third-order valence-electron chi connectivity index (χ3n) is 8.67. The monoisotopic (exact) mass is 580 g/mol. The number of unbranched alkanes of at least 4 members (excludes halogenated alkanes) is 1. The van der Waals surface area contributed by atoms with Crippen LogP contribution in [-0.2, 0) is 26.2 Å². The van der Waals surface area contributed by atoms with Crippen molar-refractivity contribution in [3.05, 3.63) is 114 Å². The summed E-state index contributed by atoms with van der Waals surface area (Å²) in [5, 5.41) is 16.5. The fourth-order valence-corrected chi connectivity index (χ4v) is 5.81. The summed E-state index contributed by atoms with van der Waals surface area (Å²) in [5.74, 6) is 0.0510. The van der Waals surface area contributed by atoms with Crippen LogP contribution in [0.25, 0.3) is 0 Å². The minimum absolute atomic E-state index is 0.108. The third-order valence-corrected chi connectivity index (χ3v) is 8.67. The first-order valence-electron chi connectivity index (χ1n) is 15.0. The van der Waals surface area contributed by atoms with E-state index in [1.807, 2.05) is 54.6 Å². The lowest BCUT2D eigenvalue weighted by molar-refractivity contribution is -0.118. The zero-order valence-corrected chi connectivity index (χ0v) is 25.4. The molecule has 1 aromatic heterocycles. The van der Waals surface area contributed by atoms with E-state index in [0.717, 1.165) is 35.9 Å². The number of carbonyl (C=O) groups is 1. The lowest BCUT2D eigenvalue weighted by Crippen LogP contribution is -2.47. The van der Waals surface area contributed by atoms with Crippen molar-refractivity contribution in [2.45, 2.75) is 82.6 Å². The van der Waals surface area contributed by atoms with Gasteiger partial charge >= 0.3 is 7.12 Å². The predicted molar refractivity (Wildman–Crippen MR) is 167 cm³/mol. The fourth-order valence-electron chi connectivity index (χ4n) is 5.81. The fraction of sp³-hybridized carbons (Fsp3) is 0.394. The highest BCUT2D eigenvalue weighted by Gasteiger charge is 2.50. The van der Waals surface area contributed by atoms with Crippen LogP contribution in [0.15, 0.2) is 91.0 Å². The predicted octanol–water partition coefficient (Wildman–Crippen LogP) is 5.04. The van der Waals surface area contributed by atoms with Crippen LogP contribution in [0.3, 0.4) is 0 Å². The van der Waals surface area contributed by atoms with Crippen molar-refractivity contribution in [1.82, 2.24) is 25.5 Å². The summed E-state index contributed by atoms with van der Waals surface area (Å²) in [5.41, 5.74) is 7.33. The van der Waals surface area contributed by atoms with Crippen LogP contribution in [0.4, 0.5) is 0 Å². The maximum atomic E-state index is 12.0. The van der Waals surface area contributed by atoms with Crippen molar-refractivity contribution in [2.75, 3.05) is 0 Å². The van der Waals surface area contributed by atoms with Crippen molar-refractivity contribution in [3.8, 4) is 0 Å². The van der Waals surface area contributed by atoms with Crippen LogP contribution in [-0.4, -0.2) is 44.4 Å². The van der Waals surface area contributed by atoms with Gasteiger partial charge in [-0.15, -0.1) is 5.10 Å². The van der Waals surface area contributed by atoms with Gasteiger partial charge in [-0.1, -0.05) is 104 Å². The van der Waals surface area contributed by atoms with Gasteiger partial charge in [-0.3, -0.25) is 10.1 Å². The summed E-state index contributed by atoms with van der Waals surface area (Å²) in [7, 11) is -0.256. The molecule has 224 valence electrons. The van der Waals surface area contributed by atoms with Crippen LogP contribution >= 0.6 is 0 Å². The highest BCUT2D eigenvalue weighted by molar-refractivity contribution is 6.45. The van der Waals surface area contributed by atoms with Gasteiger partial charge in [0.05, 0.1) is 22.8 Å². The molecule has 0 saturated carbocycles. The molecule has 0 aliphatic carbocycles. The number of nitrogens with zero attached hydrogens (tertiary/aromatic N) is 4. The number of nitrogens with two attached hydrogens (primary N) is 1. The standard InChI is InChI=1S/C33H41BN6O3/c1-31(2)32(3,4)43-34(42-31)23-15-14-22-28(30-37-38-39-40(30)24-29(35)41)36-33(25-16-8-5-9-17-25,26-18-10-6-11-19-26)27-20-12-7-13-21-27/h5-13,16-21,28,36H,14-15,22-24H2,1-4H3,(H2,35,41). The van der Waals surface area contributed by atoms with Crippen LogP contribution < -0.4 is 11.1 Å². The lowest BCUT2D eigenvalue weighted by Gasteiger charge is -2.40. The smallest absolute Gasteiger partial charge is 0.403 e. The Labute approximate surface area is 254 Å². The molecule has 0 radical (unpaired) electrons. The van der Waals surface area contributed by atoms with Crippen LogP contribution in [0.2, 0.25) is 6.32 Å². The summed E-state index contributed by atoms with van der Waals surface area (Å²) >= 11 is 0. The van der Waals surface area contributed by atoms with Crippen molar-refractivity contribution < 1.29 is 14.1 Å². The summed E-state index contributed by atoms with van der Waals surface area (Å²) < 4.78 is 14.0. The van der Waals surface area contributed by atoms with Gasteiger partial charge in [0.2, 0.25) is 5.91 Å². The summed E-state index contributed by atoms with van der Waals surface area (Å²) in [6.45, 7) is 8.18. The van der Waals surface area contributed by atoms with Gasteiger partial charge in [0.25, 0.3) is 0 Å². The summed E-state index contributed by atoms with van der Waals surface area (Å²) in [6.07, 6.45) is 3.20. The van der Waals surface area contributed by atoms with E-state index in [1.165, 1.54) is 4.68 Å². The van der Waals surface area contributed by atoms with Crippen LogP contribution in [0.1, 0.15) is 75.5 Å². The molecule has 1 saturated heterocycles. The van der Waals surface area contributed by atoms with Crippen molar-refractivity contribution in [2.24, 2.45) is 5.73 Å². The third kappa shape index (κ3) is 6.56. The molecular formula is C33H41BN6O3. The SMILES string of the molecule is CC1(C)OB(CCCCC(NC(c2ccccc2)(c2ccccc2)c2ccccc2)c2nnnn2CC(N)=O)OC1(C)C. The Morgan fingerprint density at radius 2 is 1.35 bits per heavy atom. The normalized spacial score (nSPS) is 16.7. The van der Waals surface area contributed by atoms with Crippen molar-refractivity contribution in [1.29, 1.82) is 0 Å². The Hall–Kier alpha value is -3.86. The quantitative estimate of drug-likeness (QED) is 0.129.